The van der Waals surface area contributed by atoms with Crippen LogP contribution < -0.4 is 20.5 Å². The fraction of sp³-hybridized carbons (Fsp3) is 0.524. The number of anilines is 1. The highest BCUT2D eigenvalue weighted by molar-refractivity contribution is 7.91. The van der Waals surface area contributed by atoms with Crippen molar-refractivity contribution in [1.29, 1.82) is 0 Å². The molecular weight excluding hydrogens is 432 g/mol. The van der Waals surface area contributed by atoms with Gasteiger partial charge >= 0.3 is 6.03 Å². The molecule has 2 aliphatic carbocycles. The van der Waals surface area contributed by atoms with Gasteiger partial charge < -0.3 is 20.5 Å². The number of benzene rings is 1. The van der Waals surface area contributed by atoms with Crippen molar-refractivity contribution in [1.82, 2.24) is 15.1 Å². The molecule has 0 fully saturated rings. The monoisotopic (exact) mass is 460 g/mol. The van der Waals surface area contributed by atoms with Gasteiger partial charge in [0.05, 0.1) is 25.5 Å². The molecule has 2 amide bonds. The van der Waals surface area contributed by atoms with Gasteiger partial charge in [-0.15, -0.1) is 4.36 Å². The number of ether oxygens (including phenoxy) is 1. The molecule has 3 atom stereocenters. The number of nitrogens with one attached hydrogen (secondary N) is 2. The van der Waals surface area contributed by atoms with E-state index in [0.29, 0.717) is 37.6 Å². The molecule has 172 valence electrons. The van der Waals surface area contributed by atoms with Gasteiger partial charge in [0.15, 0.2) is 9.92 Å². The lowest BCUT2D eigenvalue weighted by Gasteiger charge is -2.24. The average molecular weight is 461 g/mol. The van der Waals surface area contributed by atoms with E-state index in [2.05, 4.69) is 26.2 Å². The summed E-state index contributed by atoms with van der Waals surface area (Å²) in [5.41, 5.74) is 4.71. The number of aliphatic hydroxyl groups is 1. The third-order valence-electron chi connectivity index (χ3n) is 6.47. The zero-order valence-corrected chi connectivity index (χ0v) is 18.8. The maximum absolute atomic E-state index is 13.2. The number of amides is 2. The quantitative estimate of drug-likeness (QED) is 0.544. The van der Waals surface area contributed by atoms with Crippen molar-refractivity contribution in [3.63, 3.8) is 0 Å². The summed E-state index contributed by atoms with van der Waals surface area (Å²) in [6.07, 6.45) is 4.91. The summed E-state index contributed by atoms with van der Waals surface area (Å²) in [7, 11) is -1.69. The van der Waals surface area contributed by atoms with Crippen LogP contribution in [0.4, 0.5) is 10.5 Å². The molecule has 1 aliphatic heterocycles. The standard InChI is InChI=1S/C21H28N6O4S/c1-23-8-12-10-27-20(31-11-12)18(9-24-27)32(22,30)26-21(29)25-19-14-4-2-3-13(14)7-16-15(19)5-6-17(16)28/h7,9,12,17,23,28H,2-6,8,10-11H2,1H3,(H3,22,25,26,29,30). The molecule has 5 rings (SSSR count). The first-order valence-electron chi connectivity index (χ1n) is 10.9. The number of urea groups is 1. The highest BCUT2D eigenvalue weighted by Crippen LogP contribution is 2.42. The van der Waals surface area contributed by atoms with Crippen LogP contribution in [0.3, 0.4) is 0 Å². The van der Waals surface area contributed by atoms with Crippen LogP contribution in [0.15, 0.2) is 21.5 Å². The van der Waals surface area contributed by atoms with Crippen molar-refractivity contribution in [3.05, 3.63) is 34.5 Å². The molecule has 3 aliphatic rings. The lowest BCUT2D eigenvalue weighted by molar-refractivity contribution is 0.159. The zero-order chi connectivity index (χ0) is 22.5. The Bertz CT molecular complexity index is 1200. The first kappa shape index (κ1) is 21.4. The summed E-state index contributed by atoms with van der Waals surface area (Å²) in [4.78, 5) is 13.0. The van der Waals surface area contributed by atoms with Crippen LogP contribution in [0.25, 0.3) is 0 Å². The lowest BCUT2D eigenvalue weighted by Crippen LogP contribution is -2.33. The van der Waals surface area contributed by atoms with Gasteiger partial charge in [0.25, 0.3) is 0 Å². The number of nitrogens with zero attached hydrogens (tertiary/aromatic N) is 3. The molecule has 2 aromatic rings. The molecule has 10 nitrogen and oxygen atoms in total. The molecule has 0 spiro atoms. The molecule has 2 heterocycles. The second kappa shape index (κ2) is 8.14. The molecule has 0 saturated heterocycles. The Labute approximate surface area is 186 Å². The fourth-order valence-corrected chi connectivity index (χ4v) is 6.01. The topological polar surface area (TPSA) is 144 Å². The zero-order valence-electron chi connectivity index (χ0n) is 18.0. The summed E-state index contributed by atoms with van der Waals surface area (Å²) < 4.78 is 24.4. The minimum Gasteiger partial charge on any atom is -0.476 e. The Kier molecular flexibility index (Phi) is 5.44. The van der Waals surface area contributed by atoms with Gasteiger partial charge in [-0.2, -0.15) is 5.10 Å². The van der Waals surface area contributed by atoms with Crippen LogP contribution in [-0.4, -0.2) is 45.3 Å². The van der Waals surface area contributed by atoms with Crippen molar-refractivity contribution >= 4 is 21.6 Å². The van der Waals surface area contributed by atoms with Crippen molar-refractivity contribution in [2.75, 3.05) is 25.5 Å². The third kappa shape index (κ3) is 3.68. The van der Waals surface area contributed by atoms with E-state index in [0.717, 1.165) is 48.1 Å². The van der Waals surface area contributed by atoms with Crippen LogP contribution >= 0.6 is 0 Å². The first-order chi connectivity index (χ1) is 15.4. The number of aliphatic hydroxyl groups excluding tert-OH is 1. The maximum atomic E-state index is 13.2. The number of carbonyl (C=O) groups excluding carboxylic acids is 1. The van der Waals surface area contributed by atoms with Crippen LogP contribution in [0.5, 0.6) is 5.88 Å². The van der Waals surface area contributed by atoms with E-state index in [1.807, 2.05) is 7.05 Å². The summed E-state index contributed by atoms with van der Waals surface area (Å²) >= 11 is 0. The Morgan fingerprint density at radius 1 is 1.41 bits per heavy atom. The Hall–Kier alpha value is -2.47. The fourth-order valence-electron chi connectivity index (χ4n) is 5.01. The van der Waals surface area contributed by atoms with Gasteiger partial charge in [0.2, 0.25) is 5.88 Å². The second-order valence-electron chi connectivity index (χ2n) is 8.69. The van der Waals surface area contributed by atoms with Gasteiger partial charge in [-0.25, -0.2) is 18.8 Å². The summed E-state index contributed by atoms with van der Waals surface area (Å²) in [5, 5.41) is 26.5. The third-order valence-corrected chi connectivity index (χ3v) is 7.82. The predicted octanol–water partition coefficient (Wildman–Crippen LogP) is 1.51. The van der Waals surface area contributed by atoms with E-state index in [9.17, 15) is 14.1 Å². The molecule has 1 aromatic heterocycles. The van der Waals surface area contributed by atoms with E-state index in [1.165, 1.54) is 6.20 Å². The maximum Gasteiger partial charge on any atom is 0.354 e. The molecule has 11 heteroatoms. The highest BCUT2D eigenvalue weighted by Gasteiger charge is 2.30. The average Bonchev–Trinajstić information content (AvgIpc) is 3.46. The van der Waals surface area contributed by atoms with Crippen molar-refractivity contribution in [2.24, 2.45) is 15.4 Å². The molecule has 3 unspecified atom stereocenters. The number of rotatable bonds is 4. The van der Waals surface area contributed by atoms with Crippen LogP contribution in [0.2, 0.25) is 0 Å². The first-order valence-corrected chi connectivity index (χ1v) is 12.5. The molecule has 0 bridgehead atoms. The second-order valence-corrected chi connectivity index (χ2v) is 10.4. The van der Waals surface area contributed by atoms with Crippen molar-refractivity contribution < 1.29 is 18.8 Å². The van der Waals surface area contributed by atoms with Gasteiger partial charge in [-0.3, -0.25) is 0 Å². The predicted molar refractivity (Wildman–Crippen MR) is 119 cm³/mol. The Morgan fingerprint density at radius 3 is 3.06 bits per heavy atom. The molecule has 0 radical (unpaired) electrons. The smallest absolute Gasteiger partial charge is 0.354 e. The Balaban J connectivity index is 1.43. The van der Waals surface area contributed by atoms with E-state index in [-0.39, 0.29) is 10.8 Å². The van der Waals surface area contributed by atoms with Crippen molar-refractivity contribution in [2.45, 2.75) is 49.6 Å². The van der Waals surface area contributed by atoms with Crippen LogP contribution in [0, 0.1) is 5.92 Å². The van der Waals surface area contributed by atoms with E-state index in [1.54, 1.807) is 4.68 Å². The largest absolute Gasteiger partial charge is 0.476 e. The molecule has 32 heavy (non-hydrogen) atoms. The molecule has 1 aromatic carbocycles. The van der Waals surface area contributed by atoms with E-state index < -0.39 is 22.1 Å². The van der Waals surface area contributed by atoms with Gasteiger partial charge in [0.1, 0.15) is 4.90 Å². The van der Waals surface area contributed by atoms with Gasteiger partial charge in [-0.05, 0) is 61.4 Å². The number of nitrogens with two attached hydrogens (primary N) is 1. The number of hydrogen-bond acceptors (Lipinski definition) is 6. The summed E-state index contributed by atoms with van der Waals surface area (Å²) in [6.45, 7) is 1.80. The van der Waals surface area contributed by atoms with E-state index >= 15 is 0 Å². The molecular formula is C21H28N6O4S. The lowest BCUT2D eigenvalue weighted by atomic mass is 9.98. The number of carbonyl (C=O) groups is 1. The van der Waals surface area contributed by atoms with Crippen LogP contribution in [-0.2, 0) is 35.7 Å². The van der Waals surface area contributed by atoms with E-state index in [4.69, 9.17) is 9.88 Å². The molecule has 0 saturated carbocycles. The minimum atomic E-state index is -3.56. The summed E-state index contributed by atoms with van der Waals surface area (Å²) in [5.74, 6) is 0.526. The molecule has 5 N–H and O–H groups in total. The van der Waals surface area contributed by atoms with Crippen molar-refractivity contribution in [3.8, 4) is 5.88 Å². The summed E-state index contributed by atoms with van der Waals surface area (Å²) in [6, 6.07) is 1.29. The number of aryl methyl sites for hydroxylation is 1. The van der Waals surface area contributed by atoms with Gasteiger partial charge in [-0.1, -0.05) is 6.07 Å². The highest BCUT2D eigenvalue weighted by atomic mass is 32.2. The minimum absolute atomic E-state index is 0.120. The Morgan fingerprint density at radius 2 is 2.25 bits per heavy atom. The van der Waals surface area contributed by atoms with Crippen LogP contribution in [0.1, 0.15) is 41.2 Å². The number of fused-ring (bicyclic) bond motifs is 3. The van der Waals surface area contributed by atoms with Gasteiger partial charge in [0, 0.05) is 18.2 Å². The number of hydrogen-bond donors (Lipinski definition) is 4. The normalized spacial score (nSPS) is 23.0. The SMILES string of the molecule is CNCC1COc2c(S(N)(=O)=NC(=O)Nc3c4c(cc5c3CCC5O)CCC4)cnn2C1. The number of aromatic nitrogens is 2.